The number of rotatable bonds is 9. The minimum atomic E-state index is -3.33. The topological polar surface area (TPSA) is 104 Å². The molecule has 1 aromatic carbocycles. The SMILES string of the molecule is CC(O)CCn1c(=O)c2c(nc(Cc3cccc(OC(C)(F)F)c3)n2Cc2ccccn2)n(C)c1=O. The van der Waals surface area contributed by atoms with E-state index in [1.165, 1.54) is 23.7 Å². The molecule has 0 amide bonds. The maximum atomic E-state index is 13.5. The summed E-state index contributed by atoms with van der Waals surface area (Å²) in [5, 5.41) is 9.68. The summed E-state index contributed by atoms with van der Waals surface area (Å²) in [5.41, 5.74) is 0.666. The molecule has 4 rings (SSSR count). The monoisotopic (exact) mass is 499 g/mol. The fraction of sp³-hybridized carbons (Fsp3) is 0.360. The second kappa shape index (κ2) is 10.0. The molecule has 3 aromatic heterocycles. The molecule has 0 saturated heterocycles. The third-order valence-electron chi connectivity index (χ3n) is 5.69. The molecular weight excluding hydrogens is 472 g/mol. The number of halogens is 2. The van der Waals surface area contributed by atoms with E-state index in [4.69, 9.17) is 4.74 Å². The number of hydrogen-bond donors (Lipinski definition) is 1. The van der Waals surface area contributed by atoms with Gasteiger partial charge in [0.2, 0.25) is 0 Å². The minimum absolute atomic E-state index is 0.000246. The van der Waals surface area contributed by atoms with Crippen LogP contribution in [0.5, 0.6) is 5.75 Å². The molecule has 1 atom stereocenters. The van der Waals surface area contributed by atoms with Gasteiger partial charge in [0.1, 0.15) is 11.6 Å². The third-order valence-corrected chi connectivity index (χ3v) is 5.69. The Morgan fingerprint density at radius 2 is 1.92 bits per heavy atom. The average Bonchev–Trinajstić information content (AvgIpc) is 3.15. The van der Waals surface area contributed by atoms with Gasteiger partial charge in [0, 0.05) is 33.1 Å². The number of imidazole rings is 1. The van der Waals surface area contributed by atoms with Gasteiger partial charge in [-0.15, -0.1) is 0 Å². The zero-order valence-electron chi connectivity index (χ0n) is 20.2. The standard InChI is InChI=1S/C25H27F2N5O4/c1-16(33)10-12-31-23(34)21-22(30(3)24(31)35)29-20(32(21)15-18-8-4-5-11-28-18)14-17-7-6-9-19(13-17)36-25(2,26)27/h4-9,11,13,16,33H,10,12,14-15H2,1-3H3. The van der Waals surface area contributed by atoms with Gasteiger partial charge in [-0.1, -0.05) is 18.2 Å². The van der Waals surface area contributed by atoms with Gasteiger partial charge < -0.3 is 14.4 Å². The minimum Gasteiger partial charge on any atom is -0.433 e. The number of aliphatic hydroxyl groups is 1. The summed E-state index contributed by atoms with van der Waals surface area (Å²) in [5.74, 6) is 0.455. The van der Waals surface area contributed by atoms with Crippen LogP contribution in [-0.4, -0.2) is 41.0 Å². The van der Waals surface area contributed by atoms with Gasteiger partial charge >= 0.3 is 11.8 Å². The number of benzene rings is 1. The molecular formula is C25H27F2N5O4. The van der Waals surface area contributed by atoms with Crippen molar-refractivity contribution in [2.24, 2.45) is 7.05 Å². The first-order chi connectivity index (χ1) is 17.0. The maximum Gasteiger partial charge on any atom is 0.394 e. The van der Waals surface area contributed by atoms with Crippen molar-refractivity contribution in [1.82, 2.24) is 23.7 Å². The first-order valence-electron chi connectivity index (χ1n) is 11.5. The van der Waals surface area contributed by atoms with E-state index in [9.17, 15) is 23.5 Å². The molecule has 9 nitrogen and oxygen atoms in total. The number of fused-ring (bicyclic) bond motifs is 1. The molecule has 4 aromatic rings. The predicted molar refractivity (Wildman–Crippen MR) is 129 cm³/mol. The van der Waals surface area contributed by atoms with Crippen LogP contribution in [-0.2, 0) is 26.6 Å². The van der Waals surface area contributed by atoms with E-state index < -0.39 is 23.5 Å². The quantitative estimate of drug-likeness (QED) is 0.380. The van der Waals surface area contributed by atoms with Gasteiger partial charge in [0.15, 0.2) is 11.2 Å². The van der Waals surface area contributed by atoms with E-state index >= 15 is 0 Å². The van der Waals surface area contributed by atoms with Crippen LogP contribution in [0.4, 0.5) is 8.78 Å². The number of ether oxygens (including phenoxy) is 1. The van der Waals surface area contributed by atoms with Crippen molar-refractivity contribution in [2.75, 3.05) is 0 Å². The van der Waals surface area contributed by atoms with E-state index in [1.54, 1.807) is 42.0 Å². The maximum absolute atomic E-state index is 13.5. The van der Waals surface area contributed by atoms with Crippen molar-refractivity contribution in [3.05, 3.63) is 86.6 Å². The van der Waals surface area contributed by atoms with Crippen molar-refractivity contribution in [1.29, 1.82) is 0 Å². The first kappa shape index (κ1) is 25.2. The summed E-state index contributed by atoms with van der Waals surface area (Å²) in [7, 11) is 1.53. The summed E-state index contributed by atoms with van der Waals surface area (Å²) in [6.45, 7) is 2.51. The summed E-state index contributed by atoms with van der Waals surface area (Å²) in [4.78, 5) is 35.4. The van der Waals surface area contributed by atoms with E-state index in [1.807, 2.05) is 6.07 Å². The average molecular weight is 500 g/mol. The van der Waals surface area contributed by atoms with Gasteiger partial charge in [-0.05, 0) is 43.2 Å². The zero-order chi connectivity index (χ0) is 26.0. The number of alkyl halides is 2. The molecule has 0 bridgehead atoms. The number of hydrogen-bond acceptors (Lipinski definition) is 6. The first-order valence-corrected chi connectivity index (χ1v) is 11.5. The van der Waals surface area contributed by atoms with Crippen LogP contribution in [0.1, 0.15) is 37.4 Å². The van der Waals surface area contributed by atoms with Crippen molar-refractivity contribution in [3.63, 3.8) is 0 Å². The molecule has 36 heavy (non-hydrogen) atoms. The van der Waals surface area contributed by atoms with Crippen LogP contribution in [0.2, 0.25) is 0 Å². The normalized spacial score (nSPS) is 12.7. The molecule has 0 aliphatic carbocycles. The van der Waals surface area contributed by atoms with Crippen molar-refractivity contribution >= 4 is 11.2 Å². The molecule has 0 fully saturated rings. The Hall–Kier alpha value is -3.86. The lowest BCUT2D eigenvalue weighted by atomic mass is 10.1. The van der Waals surface area contributed by atoms with Gasteiger partial charge in [-0.3, -0.25) is 18.9 Å². The third kappa shape index (κ3) is 5.51. The number of aliphatic hydroxyl groups excluding tert-OH is 1. The molecule has 1 N–H and O–H groups in total. The van der Waals surface area contributed by atoms with E-state index in [2.05, 4.69) is 9.97 Å². The molecule has 0 saturated carbocycles. The molecule has 0 aliphatic rings. The fourth-order valence-corrected chi connectivity index (χ4v) is 4.00. The number of aryl methyl sites for hydroxylation is 1. The Balaban J connectivity index is 1.86. The zero-order valence-corrected chi connectivity index (χ0v) is 20.2. The van der Waals surface area contributed by atoms with Crippen LogP contribution >= 0.6 is 0 Å². The highest BCUT2D eigenvalue weighted by Gasteiger charge is 2.24. The van der Waals surface area contributed by atoms with Crippen molar-refractivity contribution in [3.8, 4) is 5.75 Å². The Kier molecular flexibility index (Phi) is 7.02. The number of nitrogens with zero attached hydrogens (tertiary/aromatic N) is 5. The van der Waals surface area contributed by atoms with Crippen LogP contribution in [0, 0.1) is 0 Å². The molecule has 190 valence electrons. The lowest BCUT2D eigenvalue weighted by molar-refractivity contribution is -0.158. The summed E-state index contributed by atoms with van der Waals surface area (Å²) in [6.07, 6.45) is -1.96. The second-order valence-corrected chi connectivity index (χ2v) is 8.78. The lowest BCUT2D eigenvalue weighted by Gasteiger charge is -2.14. The van der Waals surface area contributed by atoms with Crippen LogP contribution < -0.4 is 16.0 Å². The van der Waals surface area contributed by atoms with Crippen molar-refractivity contribution < 1.29 is 18.6 Å². The van der Waals surface area contributed by atoms with E-state index in [-0.39, 0.29) is 42.8 Å². The molecule has 1 unspecified atom stereocenters. The molecule has 0 aliphatic heterocycles. The van der Waals surface area contributed by atoms with Gasteiger partial charge in [-0.25, -0.2) is 9.78 Å². The summed E-state index contributed by atoms with van der Waals surface area (Å²) in [6, 6.07) is 11.7. The highest BCUT2D eigenvalue weighted by Crippen LogP contribution is 2.24. The molecule has 0 radical (unpaired) electrons. The molecule has 3 heterocycles. The number of aromatic nitrogens is 5. The van der Waals surface area contributed by atoms with Gasteiger partial charge in [-0.2, -0.15) is 8.78 Å². The Labute approximate surface area is 205 Å². The van der Waals surface area contributed by atoms with Crippen LogP contribution in [0.3, 0.4) is 0 Å². The predicted octanol–water partition coefficient (Wildman–Crippen LogP) is 2.69. The highest BCUT2D eigenvalue weighted by atomic mass is 19.3. The van der Waals surface area contributed by atoms with E-state index in [0.717, 1.165) is 4.57 Å². The summed E-state index contributed by atoms with van der Waals surface area (Å²) < 4.78 is 35.5. The highest BCUT2D eigenvalue weighted by molar-refractivity contribution is 5.71. The molecule has 0 spiro atoms. The Morgan fingerprint density at radius 1 is 1.14 bits per heavy atom. The Bertz CT molecular complexity index is 1490. The van der Waals surface area contributed by atoms with Crippen LogP contribution in [0.25, 0.3) is 11.2 Å². The van der Waals surface area contributed by atoms with E-state index in [0.29, 0.717) is 24.0 Å². The van der Waals surface area contributed by atoms with Crippen LogP contribution in [0.15, 0.2) is 58.3 Å². The van der Waals surface area contributed by atoms with Gasteiger partial charge in [0.05, 0.1) is 18.3 Å². The largest absolute Gasteiger partial charge is 0.433 e. The molecule has 11 heteroatoms. The summed E-state index contributed by atoms with van der Waals surface area (Å²) >= 11 is 0. The second-order valence-electron chi connectivity index (χ2n) is 8.78. The smallest absolute Gasteiger partial charge is 0.394 e. The lowest BCUT2D eigenvalue weighted by Crippen LogP contribution is -2.40. The number of pyridine rings is 1. The van der Waals surface area contributed by atoms with Crippen molar-refractivity contribution in [2.45, 2.75) is 52.0 Å². The van der Waals surface area contributed by atoms with Gasteiger partial charge in [0.25, 0.3) is 5.56 Å². The fourth-order valence-electron chi connectivity index (χ4n) is 4.00. The Morgan fingerprint density at radius 3 is 2.58 bits per heavy atom.